The number of ether oxygens (including phenoxy) is 2. The molecule has 3 heterocycles. The van der Waals surface area contributed by atoms with Crippen molar-refractivity contribution in [3.63, 3.8) is 0 Å². The fourth-order valence-corrected chi connectivity index (χ4v) is 5.88. The Bertz CT molecular complexity index is 1110. The lowest BCUT2D eigenvalue weighted by atomic mass is 9.72. The van der Waals surface area contributed by atoms with E-state index in [0.29, 0.717) is 41.9 Å². The Labute approximate surface area is 196 Å². The smallest absolute Gasteiger partial charge is 0.336 e. The lowest BCUT2D eigenvalue weighted by Crippen LogP contribution is -2.36. The molecule has 172 valence electrons. The van der Waals surface area contributed by atoms with Gasteiger partial charge >= 0.3 is 5.97 Å². The first-order chi connectivity index (χ1) is 16.0. The zero-order chi connectivity index (χ0) is 22.9. The van der Waals surface area contributed by atoms with Crippen LogP contribution in [0.3, 0.4) is 0 Å². The van der Waals surface area contributed by atoms with Crippen molar-refractivity contribution in [1.82, 2.24) is 5.32 Å². The highest BCUT2D eigenvalue weighted by molar-refractivity contribution is 7.10. The summed E-state index contributed by atoms with van der Waals surface area (Å²) in [4.78, 5) is 27.9. The van der Waals surface area contributed by atoms with Crippen molar-refractivity contribution in [1.29, 1.82) is 0 Å². The van der Waals surface area contributed by atoms with Gasteiger partial charge in [0.25, 0.3) is 0 Å². The van der Waals surface area contributed by atoms with Gasteiger partial charge in [0.15, 0.2) is 5.78 Å². The number of ketones is 1. The molecule has 1 aromatic carbocycles. The summed E-state index contributed by atoms with van der Waals surface area (Å²) in [5.74, 6) is -1.30. The number of Topliss-reactive ketones (excluding diaryl/α,β-unsaturated/α-hetero) is 1. The van der Waals surface area contributed by atoms with Crippen LogP contribution in [0.5, 0.6) is 0 Å². The van der Waals surface area contributed by atoms with E-state index in [1.165, 1.54) is 17.0 Å². The molecule has 1 saturated heterocycles. The number of hydrogen-bond acceptors (Lipinski definition) is 6. The SMILES string of the molecule is CC1=C(C(=O)OCC2CCCO2)C(c2ccc(F)cc2)C2=C(CC(c3cccs3)CC2=O)N1. The molecule has 1 aliphatic carbocycles. The number of halogens is 1. The van der Waals surface area contributed by atoms with Crippen molar-refractivity contribution in [3.8, 4) is 0 Å². The van der Waals surface area contributed by atoms with Gasteiger partial charge in [-0.05, 0) is 55.3 Å². The van der Waals surface area contributed by atoms with Crippen molar-refractivity contribution < 1.29 is 23.5 Å². The molecule has 1 fully saturated rings. The predicted molar refractivity (Wildman–Crippen MR) is 123 cm³/mol. The van der Waals surface area contributed by atoms with Crippen LogP contribution in [0.2, 0.25) is 0 Å². The van der Waals surface area contributed by atoms with Crippen molar-refractivity contribution >= 4 is 23.1 Å². The highest BCUT2D eigenvalue weighted by atomic mass is 32.1. The molecule has 2 aliphatic heterocycles. The van der Waals surface area contributed by atoms with Gasteiger partial charge in [-0.1, -0.05) is 18.2 Å². The largest absolute Gasteiger partial charge is 0.459 e. The Kier molecular flexibility index (Phi) is 6.17. The minimum atomic E-state index is -0.587. The summed E-state index contributed by atoms with van der Waals surface area (Å²) >= 11 is 1.65. The first-order valence-electron chi connectivity index (χ1n) is 11.3. The molecular weight excluding hydrogens is 441 g/mol. The van der Waals surface area contributed by atoms with Gasteiger partial charge in [0, 0.05) is 46.7 Å². The lowest BCUT2D eigenvalue weighted by molar-refractivity contribution is -0.142. The number of hydrogen-bond donors (Lipinski definition) is 1. The molecule has 0 radical (unpaired) electrons. The van der Waals surface area contributed by atoms with Crippen molar-refractivity contribution in [3.05, 3.63) is 80.6 Å². The second-order valence-electron chi connectivity index (χ2n) is 8.82. The third kappa shape index (κ3) is 4.39. The zero-order valence-electron chi connectivity index (χ0n) is 18.4. The number of allylic oxidation sites excluding steroid dienone is 3. The number of rotatable bonds is 5. The normalized spacial score (nSPS) is 25.2. The maximum atomic E-state index is 13.7. The van der Waals surface area contributed by atoms with Crippen LogP contribution in [-0.4, -0.2) is 31.1 Å². The van der Waals surface area contributed by atoms with Gasteiger partial charge in [0.2, 0.25) is 0 Å². The van der Waals surface area contributed by atoms with Gasteiger partial charge in [-0.2, -0.15) is 0 Å². The molecule has 0 bridgehead atoms. The summed E-state index contributed by atoms with van der Waals surface area (Å²) < 4.78 is 24.9. The lowest BCUT2D eigenvalue weighted by Gasteiger charge is -2.36. The number of esters is 1. The molecule has 3 atom stereocenters. The molecule has 33 heavy (non-hydrogen) atoms. The van der Waals surface area contributed by atoms with Crippen molar-refractivity contribution in [2.75, 3.05) is 13.2 Å². The summed E-state index contributed by atoms with van der Waals surface area (Å²) in [6, 6.07) is 10.1. The fraction of sp³-hybridized carbons (Fsp3) is 0.385. The van der Waals surface area contributed by atoms with E-state index in [9.17, 15) is 14.0 Å². The number of dihydropyridines is 1. The van der Waals surface area contributed by atoms with Gasteiger partial charge in [-0.25, -0.2) is 9.18 Å². The van der Waals surface area contributed by atoms with Crippen LogP contribution in [0.15, 0.2) is 64.3 Å². The maximum Gasteiger partial charge on any atom is 0.336 e. The quantitative estimate of drug-likeness (QED) is 0.629. The first-order valence-corrected chi connectivity index (χ1v) is 12.2. The van der Waals surface area contributed by atoms with E-state index in [4.69, 9.17) is 9.47 Å². The molecule has 1 N–H and O–H groups in total. The Morgan fingerprint density at radius 3 is 2.76 bits per heavy atom. The number of thiophene rings is 1. The molecule has 2 aromatic rings. The van der Waals surface area contributed by atoms with Crippen LogP contribution in [0.25, 0.3) is 0 Å². The summed E-state index contributed by atoms with van der Waals surface area (Å²) in [5.41, 5.74) is 3.20. The minimum absolute atomic E-state index is 0.00778. The van der Waals surface area contributed by atoms with Crippen LogP contribution in [0.1, 0.15) is 54.9 Å². The topological polar surface area (TPSA) is 64.6 Å². The van der Waals surface area contributed by atoms with Crippen LogP contribution in [-0.2, 0) is 19.1 Å². The van der Waals surface area contributed by atoms with E-state index in [0.717, 1.165) is 18.5 Å². The van der Waals surface area contributed by atoms with E-state index in [1.807, 2.05) is 18.4 Å². The van der Waals surface area contributed by atoms with E-state index in [2.05, 4.69) is 11.4 Å². The van der Waals surface area contributed by atoms with E-state index in [1.54, 1.807) is 23.5 Å². The molecule has 5 nitrogen and oxygen atoms in total. The third-order valence-electron chi connectivity index (χ3n) is 6.62. The average molecular weight is 468 g/mol. The number of carbonyl (C=O) groups is 2. The van der Waals surface area contributed by atoms with Crippen LogP contribution >= 0.6 is 11.3 Å². The number of nitrogens with one attached hydrogen (secondary N) is 1. The standard InChI is InChI=1S/C26H26FNO4S/c1-15-23(26(30)32-14-19-4-2-10-31-19)24(16-6-8-18(27)9-7-16)25-20(28-15)12-17(13-21(25)29)22-5-3-11-33-22/h3,5-9,11,17,19,24,28H,2,4,10,12-14H2,1H3. The Morgan fingerprint density at radius 1 is 1.24 bits per heavy atom. The molecule has 0 saturated carbocycles. The molecule has 3 aliphatic rings. The Hall–Kier alpha value is -2.77. The van der Waals surface area contributed by atoms with Gasteiger partial charge in [0.1, 0.15) is 12.4 Å². The van der Waals surface area contributed by atoms with Crippen molar-refractivity contribution in [2.24, 2.45) is 0 Å². The highest BCUT2D eigenvalue weighted by Gasteiger charge is 2.41. The van der Waals surface area contributed by atoms with Gasteiger partial charge in [-0.15, -0.1) is 11.3 Å². The van der Waals surface area contributed by atoms with E-state index >= 15 is 0 Å². The highest BCUT2D eigenvalue weighted by Crippen LogP contribution is 2.46. The summed E-state index contributed by atoms with van der Waals surface area (Å²) in [6.07, 6.45) is 2.81. The van der Waals surface area contributed by atoms with Crippen molar-refractivity contribution in [2.45, 2.75) is 50.5 Å². The summed E-state index contributed by atoms with van der Waals surface area (Å²) in [6.45, 7) is 2.70. The van der Waals surface area contributed by atoms with Gasteiger partial charge < -0.3 is 14.8 Å². The first kappa shape index (κ1) is 22.0. The number of benzene rings is 1. The number of carbonyl (C=O) groups excluding carboxylic acids is 2. The molecule has 3 unspecified atom stereocenters. The molecule has 5 rings (SSSR count). The van der Waals surface area contributed by atoms with Crippen LogP contribution in [0, 0.1) is 5.82 Å². The maximum absolute atomic E-state index is 13.7. The molecular formula is C26H26FNO4S. The average Bonchev–Trinajstić information content (AvgIpc) is 3.51. The molecule has 0 amide bonds. The Balaban J connectivity index is 1.50. The zero-order valence-corrected chi connectivity index (χ0v) is 19.3. The third-order valence-corrected chi connectivity index (χ3v) is 7.66. The fourth-order valence-electron chi connectivity index (χ4n) is 5.05. The molecule has 0 spiro atoms. The molecule has 1 aromatic heterocycles. The summed E-state index contributed by atoms with van der Waals surface area (Å²) in [5, 5.41) is 5.37. The monoisotopic (exact) mass is 467 g/mol. The molecule has 7 heteroatoms. The summed E-state index contributed by atoms with van der Waals surface area (Å²) in [7, 11) is 0. The minimum Gasteiger partial charge on any atom is -0.459 e. The second-order valence-corrected chi connectivity index (χ2v) is 9.80. The predicted octanol–water partition coefficient (Wildman–Crippen LogP) is 4.97. The van der Waals surface area contributed by atoms with E-state index in [-0.39, 0.29) is 30.2 Å². The van der Waals surface area contributed by atoms with E-state index < -0.39 is 11.9 Å². The van der Waals surface area contributed by atoms with Crippen LogP contribution in [0.4, 0.5) is 4.39 Å². The second kappa shape index (κ2) is 9.23. The Morgan fingerprint density at radius 2 is 2.06 bits per heavy atom. The van der Waals surface area contributed by atoms with Gasteiger partial charge in [0.05, 0.1) is 11.7 Å². The van der Waals surface area contributed by atoms with Crippen LogP contribution < -0.4 is 5.32 Å². The van der Waals surface area contributed by atoms with Gasteiger partial charge in [-0.3, -0.25) is 4.79 Å².